The molecule has 1 aliphatic heterocycles. The molecule has 0 unspecified atom stereocenters. The monoisotopic (exact) mass is 452 g/mol. The Balaban J connectivity index is 1.23. The maximum absolute atomic E-state index is 12.7. The van der Waals surface area contributed by atoms with Crippen LogP contribution in [-0.2, 0) is 6.18 Å². The SMILES string of the molecule is Cc1nc2cc(OC[C@@H](O)CN3CCN(c4ccc(C(F)(F)F)cn4)CC3)ccc2s1. The fourth-order valence-corrected chi connectivity index (χ4v) is 4.36. The van der Waals surface area contributed by atoms with E-state index >= 15 is 0 Å². The molecule has 31 heavy (non-hydrogen) atoms. The Morgan fingerprint density at radius 3 is 2.61 bits per heavy atom. The number of aromatic nitrogens is 2. The minimum Gasteiger partial charge on any atom is -0.491 e. The molecule has 1 atom stereocenters. The van der Waals surface area contributed by atoms with Crippen molar-refractivity contribution in [2.24, 2.45) is 0 Å². The molecule has 3 heterocycles. The first-order chi connectivity index (χ1) is 14.8. The lowest BCUT2D eigenvalue weighted by atomic mass is 10.2. The number of anilines is 1. The number of benzene rings is 1. The summed E-state index contributed by atoms with van der Waals surface area (Å²) in [7, 11) is 0. The van der Waals surface area contributed by atoms with E-state index in [1.54, 1.807) is 11.3 Å². The van der Waals surface area contributed by atoms with Crippen molar-refractivity contribution in [2.75, 3.05) is 44.2 Å². The molecule has 1 aromatic carbocycles. The predicted molar refractivity (Wildman–Crippen MR) is 114 cm³/mol. The second-order valence-corrected chi connectivity index (χ2v) is 8.75. The summed E-state index contributed by atoms with van der Waals surface area (Å²) in [5.74, 6) is 1.21. The number of aliphatic hydroxyl groups excluding tert-OH is 1. The van der Waals surface area contributed by atoms with Crippen molar-refractivity contribution in [3.8, 4) is 5.75 Å². The highest BCUT2D eigenvalue weighted by Gasteiger charge is 2.31. The Labute approximate surface area is 181 Å². The van der Waals surface area contributed by atoms with E-state index in [0.29, 0.717) is 44.3 Å². The zero-order chi connectivity index (χ0) is 22.0. The molecular weight excluding hydrogens is 429 g/mol. The molecule has 4 rings (SSSR count). The summed E-state index contributed by atoms with van der Waals surface area (Å²) in [5.41, 5.74) is 0.143. The number of alkyl halides is 3. The molecule has 0 amide bonds. The van der Waals surface area contributed by atoms with E-state index in [0.717, 1.165) is 27.5 Å². The number of hydrogen-bond acceptors (Lipinski definition) is 7. The van der Waals surface area contributed by atoms with Gasteiger partial charge in [-0.3, -0.25) is 4.90 Å². The lowest BCUT2D eigenvalue weighted by Crippen LogP contribution is -2.49. The van der Waals surface area contributed by atoms with Crippen LogP contribution in [0, 0.1) is 6.92 Å². The molecule has 0 spiro atoms. The second-order valence-electron chi connectivity index (χ2n) is 7.52. The summed E-state index contributed by atoms with van der Waals surface area (Å²) in [6.45, 7) is 5.23. The third-order valence-corrected chi connectivity index (χ3v) is 6.10. The van der Waals surface area contributed by atoms with Crippen LogP contribution in [0.3, 0.4) is 0 Å². The van der Waals surface area contributed by atoms with Gasteiger partial charge in [-0.15, -0.1) is 11.3 Å². The first-order valence-electron chi connectivity index (χ1n) is 9.96. The number of piperazine rings is 1. The molecule has 166 valence electrons. The van der Waals surface area contributed by atoms with Crippen molar-refractivity contribution < 1.29 is 23.0 Å². The van der Waals surface area contributed by atoms with E-state index < -0.39 is 17.8 Å². The van der Waals surface area contributed by atoms with Gasteiger partial charge in [0.2, 0.25) is 0 Å². The van der Waals surface area contributed by atoms with E-state index in [-0.39, 0.29) is 6.61 Å². The quantitative estimate of drug-likeness (QED) is 0.617. The van der Waals surface area contributed by atoms with E-state index in [9.17, 15) is 18.3 Å². The molecule has 10 heteroatoms. The van der Waals surface area contributed by atoms with Gasteiger partial charge in [-0.2, -0.15) is 13.2 Å². The van der Waals surface area contributed by atoms with Crippen LogP contribution in [0.25, 0.3) is 10.2 Å². The van der Waals surface area contributed by atoms with Gasteiger partial charge >= 0.3 is 6.18 Å². The maximum atomic E-state index is 12.7. The number of pyridine rings is 1. The van der Waals surface area contributed by atoms with Gasteiger partial charge in [0.05, 0.1) is 20.8 Å². The van der Waals surface area contributed by atoms with Crippen LogP contribution in [0.15, 0.2) is 36.5 Å². The number of fused-ring (bicyclic) bond motifs is 1. The van der Waals surface area contributed by atoms with E-state index in [1.807, 2.05) is 30.0 Å². The molecule has 3 aromatic rings. The Morgan fingerprint density at radius 1 is 1.16 bits per heavy atom. The third-order valence-electron chi connectivity index (χ3n) is 5.15. The summed E-state index contributed by atoms with van der Waals surface area (Å²) >= 11 is 1.63. The molecule has 2 aromatic heterocycles. The molecule has 1 fully saturated rings. The number of nitrogens with zero attached hydrogens (tertiary/aromatic N) is 4. The summed E-state index contributed by atoms with van der Waals surface area (Å²) < 4.78 is 44.9. The molecule has 1 aliphatic rings. The van der Waals surface area contributed by atoms with Crippen molar-refractivity contribution in [3.63, 3.8) is 0 Å². The van der Waals surface area contributed by atoms with Crippen LogP contribution in [0.2, 0.25) is 0 Å². The number of ether oxygens (including phenoxy) is 1. The number of aliphatic hydroxyl groups is 1. The number of halogens is 3. The van der Waals surface area contributed by atoms with Gasteiger partial charge in [-0.1, -0.05) is 0 Å². The normalized spacial score (nSPS) is 16.6. The van der Waals surface area contributed by atoms with Crippen LogP contribution >= 0.6 is 11.3 Å². The van der Waals surface area contributed by atoms with Gasteiger partial charge in [0.25, 0.3) is 0 Å². The van der Waals surface area contributed by atoms with Gasteiger partial charge in [-0.25, -0.2) is 9.97 Å². The lowest BCUT2D eigenvalue weighted by molar-refractivity contribution is -0.137. The van der Waals surface area contributed by atoms with Crippen molar-refractivity contribution in [1.29, 1.82) is 0 Å². The predicted octanol–water partition coefficient (Wildman–Crippen LogP) is 3.58. The third kappa shape index (κ3) is 5.44. The van der Waals surface area contributed by atoms with E-state index in [4.69, 9.17) is 4.74 Å². The standard InChI is InChI=1S/C21H23F3N4O2S/c1-14-26-18-10-17(3-4-19(18)31-14)30-13-16(29)12-27-6-8-28(9-7-27)20-5-2-15(11-25-20)21(22,23)24/h2-5,10-11,16,29H,6-9,12-13H2,1H3/t16-/m0/s1. The minimum absolute atomic E-state index is 0.176. The zero-order valence-electron chi connectivity index (χ0n) is 17.0. The van der Waals surface area contributed by atoms with Gasteiger partial charge in [-0.05, 0) is 31.2 Å². The number of β-amino-alcohol motifs (C(OH)–C–C–N with tert-alkyl or cyclic N) is 1. The average Bonchev–Trinajstić information content (AvgIpc) is 3.11. The zero-order valence-corrected chi connectivity index (χ0v) is 17.8. The van der Waals surface area contributed by atoms with Crippen LogP contribution in [0.1, 0.15) is 10.6 Å². The Hall–Kier alpha value is -2.43. The van der Waals surface area contributed by atoms with Gasteiger partial charge in [0.1, 0.15) is 24.3 Å². The van der Waals surface area contributed by atoms with Crippen LogP contribution in [-0.4, -0.2) is 65.4 Å². The highest BCUT2D eigenvalue weighted by Crippen LogP contribution is 2.29. The summed E-state index contributed by atoms with van der Waals surface area (Å²) in [6, 6.07) is 8.18. The van der Waals surface area contributed by atoms with Crippen molar-refractivity contribution in [2.45, 2.75) is 19.2 Å². The molecule has 1 N–H and O–H groups in total. The van der Waals surface area contributed by atoms with Crippen LogP contribution in [0.5, 0.6) is 5.75 Å². The lowest BCUT2D eigenvalue weighted by Gasteiger charge is -2.36. The average molecular weight is 453 g/mol. The smallest absolute Gasteiger partial charge is 0.417 e. The molecule has 0 aliphatic carbocycles. The van der Waals surface area contributed by atoms with Crippen molar-refractivity contribution in [3.05, 3.63) is 47.1 Å². The van der Waals surface area contributed by atoms with Crippen LogP contribution < -0.4 is 9.64 Å². The van der Waals surface area contributed by atoms with Gasteiger partial charge in [0, 0.05) is 45.0 Å². The summed E-state index contributed by atoms with van der Waals surface area (Å²) in [5, 5.41) is 11.4. The first kappa shape index (κ1) is 21.8. The summed E-state index contributed by atoms with van der Waals surface area (Å²) in [4.78, 5) is 12.5. The maximum Gasteiger partial charge on any atom is 0.417 e. The van der Waals surface area contributed by atoms with Gasteiger partial charge < -0.3 is 14.7 Å². The second kappa shape index (κ2) is 8.97. The topological polar surface area (TPSA) is 61.7 Å². The Bertz CT molecular complexity index is 1020. The van der Waals surface area contributed by atoms with E-state index in [1.165, 1.54) is 6.07 Å². The number of thiazole rings is 1. The summed E-state index contributed by atoms with van der Waals surface area (Å²) in [6.07, 6.45) is -4.16. The van der Waals surface area contributed by atoms with Gasteiger partial charge in [0.15, 0.2) is 0 Å². The molecule has 6 nitrogen and oxygen atoms in total. The number of aryl methyl sites for hydroxylation is 1. The fraction of sp³-hybridized carbons (Fsp3) is 0.429. The molecule has 0 bridgehead atoms. The molecule has 0 radical (unpaired) electrons. The van der Waals surface area contributed by atoms with Crippen LogP contribution in [0.4, 0.5) is 19.0 Å². The highest BCUT2D eigenvalue weighted by atomic mass is 32.1. The van der Waals surface area contributed by atoms with Crippen molar-refractivity contribution >= 4 is 27.4 Å². The fourth-order valence-electron chi connectivity index (χ4n) is 3.56. The molecule has 0 saturated carbocycles. The Kier molecular flexibility index (Phi) is 6.31. The largest absolute Gasteiger partial charge is 0.491 e. The first-order valence-corrected chi connectivity index (χ1v) is 10.8. The van der Waals surface area contributed by atoms with E-state index in [2.05, 4.69) is 14.9 Å². The highest BCUT2D eigenvalue weighted by molar-refractivity contribution is 7.18. The number of rotatable bonds is 6. The van der Waals surface area contributed by atoms with Crippen molar-refractivity contribution in [1.82, 2.24) is 14.9 Å². The molecule has 1 saturated heterocycles. The molecular formula is C21H23F3N4O2S. The Morgan fingerprint density at radius 2 is 1.94 bits per heavy atom. The number of hydrogen-bond donors (Lipinski definition) is 1. The minimum atomic E-state index is -4.38.